The summed E-state index contributed by atoms with van der Waals surface area (Å²) in [6.45, 7) is 5.48. The molecular formula is C22H28N2O4. The number of hydrogen-bond donors (Lipinski definition) is 1. The molecule has 6 nitrogen and oxygen atoms in total. The summed E-state index contributed by atoms with van der Waals surface area (Å²) in [5, 5.41) is 2.69. The van der Waals surface area contributed by atoms with E-state index in [-0.39, 0.29) is 19.1 Å². The van der Waals surface area contributed by atoms with Gasteiger partial charge in [0.15, 0.2) is 13.2 Å². The number of esters is 1. The van der Waals surface area contributed by atoms with Gasteiger partial charge < -0.3 is 19.7 Å². The van der Waals surface area contributed by atoms with Crippen LogP contribution in [0.1, 0.15) is 30.9 Å². The van der Waals surface area contributed by atoms with E-state index in [1.807, 2.05) is 56.3 Å². The zero-order valence-corrected chi connectivity index (χ0v) is 17.1. The van der Waals surface area contributed by atoms with Gasteiger partial charge in [-0.3, -0.25) is 4.79 Å². The van der Waals surface area contributed by atoms with Gasteiger partial charge in [0, 0.05) is 25.5 Å². The number of ether oxygens (including phenoxy) is 2. The summed E-state index contributed by atoms with van der Waals surface area (Å²) in [5.74, 6) is -0.0487. The average Bonchev–Trinajstić information content (AvgIpc) is 2.65. The van der Waals surface area contributed by atoms with Gasteiger partial charge in [0.2, 0.25) is 0 Å². The first-order chi connectivity index (χ1) is 13.3. The van der Waals surface area contributed by atoms with Gasteiger partial charge in [0.25, 0.3) is 5.91 Å². The molecule has 0 saturated heterocycles. The van der Waals surface area contributed by atoms with Crippen molar-refractivity contribution in [3.8, 4) is 5.75 Å². The molecular weight excluding hydrogens is 356 g/mol. The minimum absolute atomic E-state index is 0.242. The molecule has 0 heterocycles. The third-order valence-corrected chi connectivity index (χ3v) is 4.17. The Hall–Kier alpha value is -3.02. The van der Waals surface area contributed by atoms with Crippen LogP contribution in [0.2, 0.25) is 0 Å². The summed E-state index contributed by atoms with van der Waals surface area (Å²) < 4.78 is 10.6. The molecule has 0 saturated carbocycles. The van der Waals surface area contributed by atoms with Crippen molar-refractivity contribution in [2.45, 2.75) is 26.7 Å². The molecule has 0 spiro atoms. The van der Waals surface area contributed by atoms with Crippen LogP contribution in [0.5, 0.6) is 5.75 Å². The maximum Gasteiger partial charge on any atom is 0.344 e. The zero-order chi connectivity index (χ0) is 20.7. The Morgan fingerprint density at radius 1 is 1.04 bits per heavy atom. The normalized spacial score (nSPS) is 10.5. The third-order valence-electron chi connectivity index (χ3n) is 4.17. The Bertz CT molecular complexity index is 814. The largest absolute Gasteiger partial charge is 0.482 e. The van der Waals surface area contributed by atoms with Crippen molar-refractivity contribution >= 4 is 23.3 Å². The van der Waals surface area contributed by atoms with Crippen LogP contribution < -0.4 is 15.0 Å². The number of nitrogens with one attached hydrogen (secondary N) is 1. The lowest BCUT2D eigenvalue weighted by Gasteiger charge is -2.14. The first-order valence-corrected chi connectivity index (χ1v) is 9.22. The molecule has 0 aliphatic carbocycles. The van der Waals surface area contributed by atoms with E-state index in [1.54, 1.807) is 12.1 Å². The fourth-order valence-corrected chi connectivity index (χ4v) is 2.61. The van der Waals surface area contributed by atoms with E-state index < -0.39 is 11.9 Å². The van der Waals surface area contributed by atoms with Crippen molar-refractivity contribution in [1.82, 2.24) is 0 Å². The van der Waals surface area contributed by atoms with Gasteiger partial charge in [-0.15, -0.1) is 0 Å². The number of rotatable bonds is 8. The number of carbonyl (C=O) groups is 2. The number of aryl methyl sites for hydroxylation is 1. The second kappa shape index (κ2) is 9.78. The molecule has 0 aromatic heterocycles. The highest BCUT2D eigenvalue weighted by atomic mass is 16.6. The SMILES string of the molecule is Cc1ccc(C(C)C)c(OCC(=O)OCC(=O)Nc2ccc(N(C)C)cc2)c1. The van der Waals surface area contributed by atoms with Crippen LogP contribution in [0.25, 0.3) is 0 Å². The molecule has 28 heavy (non-hydrogen) atoms. The number of benzene rings is 2. The Labute approximate surface area is 166 Å². The van der Waals surface area contributed by atoms with Crippen molar-refractivity contribution in [2.75, 3.05) is 37.5 Å². The molecule has 0 aliphatic heterocycles. The fraction of sp³-hybridized carbons (Fsp3) is 0.364. The van der Waals surface area contributed by atoms with E-state index >= 15 is 0 Å². The average molecular weight is 384 g/mol. The Morgan fingerprint density at radius 3 is 2.32 bits per heavy atom. The third kappa shape index (κ3) is 6.30. The standard InChI is InChI=1S/C22H28N2O4/c1-15(2)19-11-6-16(3)12-20(19)27-14-22(26)28-13-21(25)23-17-7-9-18(10-8-17)24(4)5/h6-12,15H,13-14H2,1-5H3,(H,23,25). The maximum absolute atomic E-state index is 12.0. The van der Waals surface area contributed by atoms with E-state index in [1.165, 1.54) is 0 Å². The first-order valence-electron chi connectivity index (χ1n) is 9.22. The van der Waals surface area contributed by atoms with E-state index in [9.17, 15) is 9.59 Å². The van der Waals surface area contributed by atoms with E-state index in [0.29, 0.717) is 11.4 Å². The van der Waals surface area contributed by atoms with Gasteiger partial charge >= 0.3 is 5.97 Å². The van der Waals surface area contributed by atoms with Crippen LogP contribution in [0, 0.1) is 6.92 Å². The Balaban J connectivity index is 1.81. The predicted molar refractivity (Wildman–Crippen MR) is 111 cm³/mol. The second-order valence-corrected chi connectivity index (χ2v) is 7.13. The monoisotopic (exact) mass is 384 g/mol. The van der Waals surface area contributed by atoms with Crippen LogP contribution in [-0.2, 0) is 14.3 Å². The van der Waals surface area contributed by atoms with Crippen molar-refractivity contribution in [3.05, 3.63) is 53.6 Å². The Kier molecular flexibility index (Phi) is 7.44. The molecule has 150 valence electrons. The molecule has 0 unspecified atom stereocenters. The number of hydrogen-bond acceptors (Lipinski definition) is 5. The summed E-state index contributed by atoms with van der Waals surface area (Å²) in [6.07, 6.45) is 0. The van der Waals surface area contributed by atoms with Crippen LogP contribution in [0.15, 0.2) is 42.5 Å². The molecule has 2 aromatic carbocycles. The molecule has 0 aliphatic rings. The fourth-order valence-electron chi connectivity index (χ4n) is 2.61. The molecule has 0 bridgehead atoms. The minimum Gasteiger partial charge on any atom is -0.482 e. The van der Waals surface area contributed by atoms with E-state index in [0.717, 1.165) is 16.8 Å². The lowest BCUT2D eigenvalue weighted by atomic mass is 10.0. The van der Waals surface area contributed by atoms with Crippen LogP contribution in [-0.4, -0.2) is 39.2 Å². The van der Waals surface area contributed by atoms with Gasteiger partial charge in [0.05, 0.1) is 0 Å². The smallest absolute Gasteiger partial charge is 0.344 e. The predicted octanol–water partition coefficient (Wildman–Crippen LogP) is 3.75. The Morgan fingerprint density at radius 2 is 1.71 bits per heavy atom. The molecule has 2 rings (SSSR count). The number of amides is 1. The van der Waals surface area contributed by atoms with Gasteiger partial charge in [0.1, 0.15) is 5.75 Å². The van der Waals surface area contributed by atoms with Crippen molar-refractivity contribution in [3.63, 3.8) is 0 Å². The number of anilines is 2. The molecule has 2 aromatic rings. The van der Waals surface area contributed by atoms with Gasteiger partial charge in [-0.1, -0.05) is 26.0 Å². The molecule has 0 radical (unpaired) electrons. The molecule has 6 heteroatoms. The second-order valence-electron chi connectivity index (χ2n) is 7.13. The highest BCUT2D eigenvalue weighted by molar-refractivity contribution is 5.93. The molecule has 1 amide bonds. The number of carbonyl (C=O) groups excluding carboxylic acids is 2. The summed E-state index contributed by atoms with van der Waals surface area (Å²) >= 11 is 0. The van der Waals surface area contributed by atoms with Gasteiger partial charge in [-0.05, 0) is 54.3 Å². The number of nitrogens with zero attached hydrogens (tertiary/aromatic N) is 1. The summed E-state index contributed by atoms with van der Waals surface area (Å²) in [4.78, 5) is 25.8. The van der Waals surface area contributed by atoms with Crippen molar-refractivity contribution < 1.29 is 19.1 Å². The quantitative estimate of drug-likeness (QED) is 0.702. The lowest BCUT2D eigenvalue weighted by molar-refractivity contribution is -0.149. The molecule has 0 atom stereocenters. The van der Waals surface area contributed by atoms with Crippen molar-refractivity contribution in [2.24, 2.45) is 0 Å². The van der Waals surface area contributed by atoms with E-state index in [2.05, 4.69) is 19.2 Å². The van der Waals surface area contributed by atoms with Gasteiger partial charge in [-0.25, -0.2) is 4.79 Å². The molecule has 0 fully saturated rings. The van der Waals surface area contributed by atoms with Gasteiger partial charge in [-0.2, -0.15) is 0 Å². The lowest BCUT2D eigenvalue weighted by Crippen LogP contribution is -2.23. The van der Waals surface area contributed by atoms with Crippen LogP contribution >= 0.6 is 0 Å². The van der Waals surface area contributed by atoms with E-state index in [4.69, 9.17) is 9.47 Å². The summed E-state index contributed by atoms with van der Waals surface area (Å²) in [5.41, 5.74) is 3.74. The molecule has 1 N–H and O–H groups in total. The topological polar surface area (TPSA) is 67.9 Å². The van der Waals surface area contributed by atoms with Crippen LogP contribution in [0.4, 0.5) is 11.4 Å². The van der Waals surface area contributed by atoms with Crippen LogP contribution in [0.3, 0.4) is 0 Å². The highest BCUT2D eigenvalue weighted by Crippen LogP contribution is 2.27. The summed E-state index contributed by atoms with van der Waals surface area (Å²) in [6, 6.07) is 13.3. The zero-order valence-electron chi connectivity index (χ0n) is 17.1. The maximum atomic E-state index is 12.0. The highest BCUT2D eigenvalue weighted by Gasteiger charge is 2.12. The summed E-state index contributed by atoms with van der Waals surface area (Å²) in [7, 11) is 3.88. The first kappa shape index (κ1) is 21.3. The minimum atomic E-state index is -0.589. The van der Waals surface area contributed by atoms with Crippen molar-refractivity contribution in [1.29, 1.82) is 0 Å².